The number of hydrogen-bond acceptors (Lipinski definition) is 3. The minimum atomic E-state index is -0.202. The molecule has 1 heterocycles. The minimum absolute atomic E-state index is 0.0896. The predicted octanol–water partition coefficient (Wildman–Crippen LogP) is 7.90. The van der Waals surface area contributed by atoms with Gasteiger partial charge in [-0.2, -0.15) is 0 Å². The van der Waals surface area contributed by atoms with E-state index in [2.05, 4.69) is 24.3 Å². The summed E-state index contributed by atoms with van der Waals surface area (Å²) in [6, 6.07) is 38.6. The molecule has 3 heteroatoms. The molecule has 0 radical (unpaired) electrons. The van der Waals surface area contributed by atoms with Crippen molar-refractivity contribution in [1.29, 1.82) is 0 Å². The van der Waals surface area contributed by atoms with Crippen LogP contribution in [0.3, 0.4) is 0 Å². The van der Waals surface area contributed by atoms with Crippen molar-refractivity contribution in [2.24, 2.45) is 0 Å². The van der Waals surface area contributed by atoms with E-state index in [0.29, 0.717) is 29.5 Å². The van der Waals surface area contributed by atoms with Crippen molar-refractivity contribution in [2.75, 3.05) is 0 Å². The summed E-state index contributed by atoms with van der Waals surface area (Å²) in [5, 5.41) is 0. The molecule has 0 N–H and O–H groups in total. The molecule has 2 atom stereocenters. The van der Waals surface area contributed by atoms with Gasteiger partial charge in [0.05, 0.1) is 12.2 Å². The van der Waals surface area contributed by atoms with Gasteiger partial charge in [-0.05, 0) is 36.1 Å². The number of benzene rings is 4. The van der Waals surface area contributed by atoms with Gasteiger partial charge >= 0.3 is 0 Å². The van der Waals surface area contributed by atoms with Crippen molar-refractivity contribution in [3.05, 3.63) is 167 Å². The summed E-state index contributed by atoms with van der Waals surface area (Å²) in [4.78, 5) is 26.7. The number of ketones is 2. The van der Waals surface area contributed by atoms with Crippen LogP contribution in [0.1, 0.15) is 56.9 Å². The van der Waals surface area contributed by atoms with Crippen LogP contribution in [0, 0.1) is 0 Å². The van der Waals surface area contributed by atoms with Crippen LogP contribution >= 0.6 is 0 Å². The fraction of sp³-hybridized carbons (Fsp3) is 0.118. The average Bonchev–Trinajstić information content (AvgIpc) is 2.98. The van der Waals surface area contributed by atoms with Crippen molar-refractivity contribution in [3.63, 3.8) is 0 Å². The monoisotopic (exact) mass is 484 g/mol. The highest BCUT2D eigenvalue weighted by Crippen LogP contribution is 2.43. The van der Waals surface area contributed by atoms with Crippen molar-refractivity contribution >= 4 is 11.6 Å². The molecule has 2 unspecified atom stereocenters. The van der Waals surface area contributed by atoms with Gasteiger partial charge in [0.2, 0.25) is 0 Å². The highest BCUT2D eigenvalue weighted by molar-refractivity contribution is 6.13. The lowest BCUT2D eigenvalue weighted by molar-refractivity contribution is -0.0350. The Morgan fingerprint density at radius 3 is 1.49 bits per heavy atom. The average molecular weight is 485 g/mol. The molecular formula is C34H28O3. The molecule has 1 aliphatic rings. The number of allylic oxidation sites excluding steroid dienone is 3. The van der Waals surface area contributed by atoms with Crippen molar-refractivity contribution in [1.82, 2.24) is 0 Å². The zero-order valence-electron chi connectivity index (χ0n) is 20.5. The molecule has 0 aliphatic carbocycles. The molecule has 0 amide bonds. The molecule has 1 saturated heterocycles. The van der Waals surface area contributed by atoms with E-state index in [9.17, 15) is 9.59 Å². The van der Waals surface area contributed by atoms with Gasteiger partial charge in [0.15, 0.2) is 11.6 Å². The molecule has 5 rings (SSSR count). The minimum Gasteiger partial charge on any atom is -0.365 e. The Hall–Kier alpha value is -4.34. The summed E-state index contributed by atoms with van der Waals surface area (Å²) in [7, 11) is 0. The lowest BCUT2D eigenvalue weighted by Gasteiger charge is -2.33. The van der Waals surface area contributed by atoms with E-state index in [0.717, 1.165) is 16.7 Å². The molecule has 1 fully saturated rings. The molecular weight excluding hydrogens is 456 g/mol. The van der Waals surface area contributed by atoms with Gasteiger partial charge in [0.1, 0.15) is 0 Å². The summed E-state index contributed by atoms with van der Waals surface area (Å²) in [5.41, 5.74) is 4.86. The van der Waals surface area contributed by atoms with Crippen LogP contribution in [0.2, 0.25) is 0 Å². The van der Waals surface area contributed by atoms with Crippen molar-refractivity contribution in [3.8, 4) is 0 Å². The van der Waals surface area contributed by atoms with Gasteiger partial charge in [0, 0.05) is 16.7 Å². The van der Waals surface area contributed by atoms with E-state index in [1.54, 1.807) is 18.2 Å². The van der Waals surface area contributed by atoms with Crippen LogP contribution in [0.4, 0.5) is 0 Å². The van der Waals surface area contributed by atoms with Gasteiger partial charge < -0.3 is 4.74 Å². The zero-order chi connectivity index (χ0) is 25.5. The molecule has 0 aromatic heterocycles. The number of Topliss-reactive ketones (excluding diaryl/α,β-unsaturated/α-hetero) is 1. The first-order valence-corrected chi connectivity index (χ1v) is 12.5. The summed E-state index contributed by atoms with van der Waals surface area (Å²) >= 11 is 0. The first kappa shape index (κ1) is 24.4. The highest BCUT2D eigenvalue weighted by atomic mass is 16.5. The Kier molecular flexibility index (Phi) is 7.63. The van der Waals surface area contributed by atoms with Gasteiger partial charge in [0.25, 0.3) is 0 Å². The number of ether oxygens (including phenoxy) is 1. The van der Waals surface area contributed by atoms with Crippen molar-refractivity contribution in [2.45, 2.75) is 25.0 Å². The van der Waals surface area contributed by atoms with Gasteiger partial charge in [-0.25, -0.2) is 0 Å². The molecule has 4 aromatic rings. The second-order valence-electron chi connectivity index (χ2n) is 9.12. The molecule has 0 saturated carbocycles. The topological polar surface area (TPSA) is 43.4 Å². The summed E-state index contributed by atoms with van der Waals surface area (Å²) in [6.07, 6.45) is 3.97. The Balaban J connectivity index is 1.59. The van der Waals surface area contributed by atoms with Gasteiger partial charge in [-0.1, -0.05) is 127 Å². The summed E-state index contributed by atoms with van der Waals surface area (Å²) in [6.45, 7) is 0. The number of carbonyl (C=O) groups excluding carboxylic acids is 2. The molecule has 4 aromatic carbocycles. The molecule has 3 nitrogen and oxygen atoms in total. The predicted molar refractivity (Wildman–Crippen MR) is 146 cm³/mol. The van der Waals surface area contributed by atoms with E-state index in [1.165, 1.54) is 6.08 Å². The third-order valence-electron chi connectivity index (χ3n) is 6.66. The zero-order valence-corrected chi connectivity index (χ0v) is 20.5. The maximum atomic E-state index is 13.8. The smallest absolute Gasteiger partial charge is 0.192 e. The van der Waals surface area contributed by atoms with Crippen LogP contribution in [0.25, 0.3) is 0 Å². The normalized spacial score (nSPS) is 17.5. The molecule has 0 spiro atoms. The lowest BCUT2D eigenvalue weighted by atomic mass is 9.85. The van der Waals surface area contributed by atoms with E-state index in [-0.39, 0.29) is 23.8 Å². The van der Waals surface area contributed by atoms with Crippen LogP contribution in [0.5, 0.6) is 0 Å². The van der Waals surface area contributed by atoms with Gasteiger partial charge in [-0.15, -0.1) is 0 Å². The largest absolute Gasteiger partial charge is 0.365 e. The van der Waals surface area contributed by atoms with E-state index < -0.39 is 0 Å². The SMILES string of the molecule is O=C(/C=C/C(C(=O)c1ccccc1)=C1CC(c2ccccc2)OC(c2ccccc2)C1)c1ccccc1. The Bertz CT molecular complexity index is 1360. The second-order valence-corrected chi connectivity index (χ2v) is 9.12. The van der Waals surface area contributed by atoms with Crippen LogP contribution in [-0.2, 0) is 4.74 Å². The van der Waals surface area contributed by atoms with Crippen LogP contribution in [-0.4, -0.2) is 11.6 Å². The first-order chi connectivity index (χ1) is 18.2. The molecule has 37 heavy (non-hydrogen) atoms. The third kappa shape index (κ3) is 5.91. The highest BCUT2D eigenvalue weighted by Gasteiger charge is 2.30. The fourth-order valence-corrected chi connectivity index (χ4v) is 4.73. The molecule has 182 valence electrons. The van der Waals surface area contributed by atoms with Crippen LogP contribution < -0.4 is 0 Å². The lowest BCUT2D eigenvalue weighted by Crippen LogP contribution is -2.20. The number of carbonyl (C=O) groups is 2. The molecule has 0 bridgehead atoms. The van der Waals surface area contributed by atoms with E-state index in [4.69, 9.17) is 4.74 Å². The Labute approximate surface area is 217 Å². The summed E-state index contributed by atoms with van der Waals surface area (Å²) in [5.74, 6) is -0.223. The van der Waals surface area contributed by atoms with E-state index in [1.807, 2.05) is 84.9 Å². The molecule has 1 aliphatic heterocycles. The second kappa shape index (κ2) is 11.6. The third-order valence-corrected chi connectivity index (χ3v) is 6.66. The van der Waals surface area contributed by atoms with Gasteiger partial charge in [-0.3, -0.25) is 9.59 Å². The maximum absolute atomic E-state index is 13.8. The summed E-state index contributed by atoms with van der Waals surface area (Å²) < 4.78 is 6.58. The first-order valence-electron chi connectivity index (χ1n) is 12.5. The maximum Gasteiger partial charge on any atom is 0.192 e. The van der Waals surface area contributed by atoms with Crippen molar-refractivity contribution < 1.29 is 14.3 Å². The van der Waals surface area contributed by atoms with Crippen LogP contribution in [0.15, 0.2) is 145 Å². The quantitative estimate of drug-likeness (QED) is 0.198. The Morgan fingerprint density at radius 1 is 0.568 bits per heavy atom. The standard InChI is InChI=1S/C34H28O3/c35-31(25-13-5-1-6-14-25)22-21-30(34(36)28-19-11-4-12-20-28)29-23-32(26-15-7-2-8-16-26)37-33(24-29)27-17-9-3-10-18-27/h1-22,32-33H,23-24H2/b22-21+,30-29?. The number of hydrogen-bond donors (Lipinski definition) is 0. The number of rotatable bonds is 7. The Morgan fingerprint density at radius 2 is 1.00 bits per heavy atom. The van der Waals surface area contributed by atoms with E-state index >= 15 is 0 Å². The fourth-order valence-electron chi connectivity index (χ4n) is 4.73.